The minimum atomic E-state index is -3.15. The van der Waals surface area contributed by atoms with Gasteiger partial charge in [0.05, 0.1) is 10.8 Å². The van der Waals surface area contributed by atoms with Gasteiger partial charge in [0, 0.05) is 6.26 Å². The summed E-state index contributed by atoms with van der Waals surface area (Å²) in [6, 6.07) is 5.92. The molecule has 0 spiro atoms. The molecule has 102 valence electrons. The Bertz CT molecular complexity index is 533. The Hall–Kier alpha value is -0.870. The lowest BCUT2D eigenvalue weighted by molar-refractivity contribution is 0.444. The van der Waals surface area contributed by atoms with Gasteiger partial charge in [-0.15, -0.1) is 0 Å². The summed E-state index contributed by atoms with van der Waals surface area (Å²) in [6.45, 7) is 7.57. The van der Waals surface area contributed by atoms with Crippen LogP contribution in [0, 0.1) is 13.8 Å². The normalized spacial score (nSPS) is 14.6. The highest BCUT2D eigenvalue weighted by molar-refractivity contribution is 7.92. The van der Waals surface area contributed by atoms with Gasteiger partial charge in [-0.1, -0.05) is 23.8 Å². The average Bonchev–Trinajstić information content (AvgIpc) is 2.22. The predicted molar refractivity (Wildman–Crippen MR) is 76.6 cm³/mol. The molecule has 1 aromatic rings. The van der Waals surface area contributed by atoms with Gasteiger partial charge in [-0.25, -0.2) is 8.42 Å². The molecule has 0 heterocycles. The molecule has 1 N–H and O–H groups in total. The van der Waals surface area contributed by atoms with Crippen LogP contribution in [0.5, 0.6) is 0 Å². The maximum Gasteiger partial charge on any atom is 0.154 e. The topological polar surface area (TPSA) is 46.2 Å². The lowest BCUT2D eigenvalue weighted by Crippen LogP contribution is -2.44. The van der Waals surface area contributed by atoms with Crippen molar-refractivity contribution in [1.29, 1.82) is 0 Å². The van der Waals surface area contributed by atoms with Crippen LogP contribution in [0.1, 0.15) is 36.6 Å². The van der Waals surface area contributed by atoms with Crippen LogP contribution < -0.4 is 5.32 Å². The van der Waals surface area contributed by atoms with Gasteiger partial charge < -0.3 is 5.32 Å². The maximum absolute atomic E-state index is 12.0. The van der Waals surface area contributed by atoms with Crippen molar-refractivity contribution in [2.75, 3.05) is 13.3 Å². The first-order chi connectivity index (χ1) is 8.11. The lowest BCUT2D eigenvalue weighted by atomic mass is 9.91. The van der Waals surface area contributed by atoms with Crippen molar-refractivity contribution in [3.63, 3.8) is 0 Å². The Balaban J connectivity index is 3.39. The van der Waals surface area contributed by atoms with Crippen molar-refractivity contribution in [2.24, 2.45) is 0 Å². The van der Waals surface area contributed by atoms with E-state index in [1.807, 2.05) is 26.0 Å². The van der Waals surface area contributed by atoms with E-state index in [2.05, 4.69) is 11.4 Å². The summed E-state index contributed by atoms with van der Waals surface area (Å²) in [5.74, 6) is 0. The first-order valence-corrected chi connectivity index (χ1v) is 7.94. The summed E-state index contributed by atoms with van der Waals surface area (Å²) < 4.78 is 23.1. The summed E-state index contributed by atoms with van der Waals surface area (Å²) in [7, 11) is -1.35. The quantitative estimate of drug-likeness (QED) is 0.913. The molecule has 0 saturated heterocycles. The van der Waals surface area contributed by atoms with Gasteiger partial charge in [0.15, 0.2) is 9.84 Å². The number of hydrogen-bond acceptors (Lipinski definition) is 3. The lowest BCUT2D eigenvalue weighted by Gasteiger charge is -2.34. The van der Waals surface area contributed by atoms with Crippen LogP contribution in [0.4, 0.5) is 0 Å². The molecule has 0 aliphatic heterocycles. The first kappa shape index (κ1) is 15.2. The van der Waals surface area contributed by atoms with Gasteiger partial charge in [-0.3, -0.25) is 0 Å². The number of sulfone groups is 1. The summed E-state index contributed by atoms with van der Waals surface area (Å²) in [6.07, 6.45) is 1.29. The van der Waals surface area contributed by atoms with E-state index < -0.39 is 14.6 Å². The fourth-order valence-electron chi connectivity index (χ4n) is 2.16. The molecule has 0 aromatic heterocycles. The Morgan fingerprint density at radius 1 is 1.22 bits per heavy atom. The minimum Gasteiger partial charge on any atom is -0.312 e. The van der Waals surface area contributed by atoms with Crippen molar-refractivity contribution in [3.8, 4) is 0 Å². The van der Waals surface area contributed by atoms with E-state index in [0.29, 0.717) is 0 Å². The van der Waals surface area contributed by atoms with Crippen LogP contribution in [0.15, 0.2) is 18.2 Å². The van der Waals surface area contributed by atoms with Crippen LogP contribution in [-0.4, -0.2) is 26.5 Å². The van der Waals surface area contributed by atoms with E-state index in [9.17, 15) is 8.42 Å². The average molecular weight is 269 g/mol. The monoisotopic (exact) mass is 269 g/mol. The second-order valence-corrected chi connectivity index (χ2v) is 8.05. The molecule has 0 saturated carbocycles. The fourth-order valence-corrected chi connectivity index (χ4v) is 2.84. The molecule has 0 aliphatic carbocycles. The van der Waals surface area contributed by atoms with Crippen LogP contribution in [0.3, 0.4) is 0 Å². The Kier molecular flexibility index (Phi) is 4.23. The molecule has 3 nitrogen and oxygen atoms in total. The second-order valence-electron chi connectivity index (χ2n) is 5.46. The van der Waals surface area contributed by atoms with Crippen molar-refractivity contribution in [3.05, 3.63) is 34.9 Å². The van der Waals surface area contributed by atoms with E-state index in [1.54, 1.807) is 20.9 Å². The molecular formula is C14H23NO2S. The molecule has 0 aliphatic rings. The highest BCUT2D eigenvalue weighted by Crippen LogP contribution is 2.33. The van der Waals surface area contributed by atoms with Crippen LogP contribution in [0.2, 0.25) is 0 Å². The zero-order valence-corrected chi connectivity index (χ0v) is 12.9. The third-order valence-corrected chi connectivity index (χ3v) is 5.83. The Morgan fingerprint density at radius 2 is 1.78 bits per heavy atom. The van der Waals surface area contributed by atoms with Gasteiger partial charge >= 0.3 is 0 Å². The maximum atomic E-state index is 12.0. The van der Waals surface area contributed by atoms with Gasteiger partial charge in [0.2, 0.25) is 0 Å². The zero-order chi connectivity index (χ0) is 14.1. The van der Waals surface area contributed by atoms with Crippen molar-refractivity contribution in [1.82, 2.24) is 5.32 Å². The molecule has 1 atom stereocenters. The summed E-state index contributed by atoms with van der Waals surface area (Å²) in [5, 5.41) is 3.15. The molecular weight excluding hydrogens is 246 g/mol. The highest BCUT2D eigenvalue weighted by Gasteiger charge is 2.39. The number of hydrogen-bond donors (Lipinski definition) is 1. The number of benzene rings is 1. The molecule has 0 amide bonds. The summed E-state index contributed by atoms with van der Waals surface area (Å²) >= 11 is 0. The smallest absolute Gasteiger partial charge is 0.154 e. The fraction of sp³-hybridized carbons (Fsp3) is 0.571. The van der Waals surface area contributed by atoms with Crippen molar-refractivity contribution in [2.45, 2.75) is 38.5 Å². The Morgan fingerprint density at radius 3 is 2.22 bits per heavy atom. The van der Waals surface area contributed by atoms with Gasteiger partial charge in [-0.2, -0.15) is 0 Å². The standard InChI is InChI=1S/C14H23NO2S/c1-10-7-8-11(2)12(9-10)13(15-5)14(3,4)18(6,16)17/h7-9,13,15H,1-6H3. The largest absolute Gasteiger partial charge is 0.312 e. The van der Waals surface area contributed by atoms with Gasteiger partial charge in [0.25, 0.3) is 0 Å². The SMILES string of the molecule is CNC(c1cc(C)ccc1C)C(C)(C)S(C)(=O)=O. The van der Waals surface area contributed by atoms with E-state index in [0.717, 1.165) is 16.7 Å². The molecule has 4 heteroatoms. The van der Waals surface area contributed by atoms with E-state index in [-0.39, 0.29) is 6.04 Å². The van der Waals surface area contributed by atoms with Crippen LogP contribution in [-0.2, 0) is 9.84 Å². The highest BCUT2D eigenvalue weighted by atomic mass is 32.2. The molecule has 0 fully saturated rings. The number of nitrogens with one attached hydrogen (secondary N) is 1. The number of rotatable bonds is 4. The third-order valence-electron chi connectivity index (χ3n) is 3.69. The first-order valence-electron chi connectivity index (χ1n) is 6.05. The second kappa shape index (κ2) is 5.02. The Labute approximate surface area is 111 Å². The molecule has 1 rings (SSSR count). The third kappa shape index (κ3) is 2.75. The van der Waals surface area contributed by atoms with Crippen molar-refractivity contribution < 1.29 is 8.42 Å². The van der Waals surface area contributed by atoms with Crippen LogP contribution in [0.25, 0.3) is 0 Å². The van der Waals surface area contributed by atoms with E-state index in [4.69, 9.17) is 0 Å². The molecule has 0 radical (unpaired) electrons. The minimum absolute atomic E-state index is 0.215. The van der Waals surface area contributed by atoms with E-state index in [1.165, 1.54) is 6.26 Å². The zero-order valence-electron chi connectivity index (χ0n) is 12.0. The molecule has 1 unspecified atom stereocenters. The number of aryl methyl sites for hydroxylation is 2. The van der Waals surface area contributed by atoms with Crippen LogP contribution >= 0.6 is 0 Å². The van der Waals surface area contributed by atoms with Gasteiger partial charge in [-0.05, 0) is 45.9 Å². The predicted octanol–water partition coefficient (Wildman–Crippen LogP) is 2.39. The molecule has 0 bridgehead atoms. The van der Waals surface area contributed by atoms with E-state index >= 15 is 0 Å². The molecule has 1 aromatic carbocycles. The summed E-state index contributed by atoms with van der Waals surface area (Å²) in [4.78, 5) is 0. The molecule has 18 heavy (non-hydrogen) atoms. The van der Waals surface area contributed by atoms with Gasteiger partial charge in [0.1, 0.15) is 0 Å². The van der Waals surface area contributed by atoms with Crippen molar-refractivity contribution >= 4 is 9.84 Å². The summed E-state index contributed by atoms with van der Waals surface area (Å²) in [5.41, 5.74) is 3.30.